The van der Waals surface area contributed by atoms with E-state index < -0.39 is 11.8 Å². The van der Waals surface area contributed by atoms with Crippen molar-refractivity contribution in [3.63, 3.8) is 0 Å². The Morgan fingerprint density at radius 2 is 2.06 bits per heavy atom. The minimum Gasteiger partial charge on any atom is -0.326 e. The zero-order valence-electron chi connectivity index (χ0n) is 9.18. The van der Waals surface area contributed by atoms with Crippen molar-refractivity contribution in [3.05, 3.63) is 29.3 Å². The van der Waals surface area contributed by atoms with Crippen LogP contribution in [0.1, 0.15) is 25.0 Å². The Morgan fingerprint density at radius 3 is 2.69 bits per heavy atom. The smallest absolute Gasteiger partial charge is 0.275 e. The zero-order chi connectivity index (χ0) is 11.9. The van der Waals surface area contributed by atoms with E-state index in [1.807, 2.05) is 0 Å². The number of carbonyl (C=O) groups excluding carboxylic acids is 1. The molecule has 2 rings (SSSR count). The Balaban J connectivity index is 2.40. The van der Waals surface area contributed by atoms with Gasteiger partial charge in [-0.15, -0.1) is 0 Å². The quantitative estimate of drug-likeness (QED) is 0.823. The van der Waals surface area contributed by atoms with Crippen LogP contribution in [0.4, 0.5) is 14.5 Å². The number of hydrogen-bond acceptors (Lipinski definition) is 1. The highest BCUT2D eigenvalue weighted by molar-refractivity contribution is 5.99. The van der Waals surface area contributed by atoms with Crippen molar-refractivity contribution in [3.8, 4) is 0 Å². The average molecular weight is 225 g/mol. The molecule has 1 aliphatic heterocycles. The number of carbonyl (C=O) groups is 1. The summed E-state index contributed by atoms with van der Waals surface area (Å²) in [6, 6.07) is 4.35. The summed E-state index contributed by atoms with van der Waals surface area (Å²) in [6.07, 6.45) is 0.192. The van der Waals surface area contributed by atoms with Gasteiger partial charge in [0, 0.05) is 17.2 Å². The molecule has 0 aromatic heterocycles. The molecule has 0 unspecified atom stereocenters. The number of amides is 1. The number of halogens is 2. The second kappa shape index (κ2) is 3.54. The first kappa shape index (κ1) is 11.0. The van der Waals surface area contributed by atoms with Crippen molar-refractivity contribution in [1.29, 1.82) is 0 Å². The molecule has 0 aliphatic carbocycles. The second-order valence-corrected chi connectivity index (χ2v) is 4.37. The summed E-state index contributed by atoms with van der Waals surface area (Å²) in [5, 5.41) is 2.62. The van der Waals surface area contributed by atoms with Gasteiger partial charge in [0.1, 0.15) is 0 Å². The summed E-state index contributed by atoms with van der Waals surface area (Å²) in [5.41, 5.74) is 1.29. The lowest BCUT2D eigenvalue weighted by atomic mass is 9.95. The Morgan fingerprint density at radius 1 is 1.38 bits per heavy atom. The van der Waals surface area contributed by atoms with E-state index in [9.17, 15) is 13.6 Å². The Kier molecular flexibility index (Phi) is 2.45. The third kappa shape index (κ3) is 1.68. The lowest BCUT2D eigenvalue weighted by Crippen LogP contribution is -2.20. The maximum absolute atomic E-state index is 13.7. The van der Waals surface area contributed by atoms with E-state index in [1.165, 1.54) is 26.0 Å². The molecular weight excluding hydrogens is 212 g/mol. The van der Waals surface area contributed by atoms with Crippen LogP contribution in [0, 0.1) is 5.92 Å². The van der Waals surface area contributed by atoms with Gasteiger partial charge in [-0.1, -0.05) is 19.9 Å². The van der Waals surface area contributed by atoms with E-state index in [0.717, 1.165) is 0 Å². The van der Waals surface area contributed by atoms with E-state index in [4.69, 9.17) is 0 Å². The normalized spacial score (nSPS) is 15.2. The first-order chi connectivity index (χ1) is 7.41. The van der Waals surface area contributed by atoms with Gasteiger partial charge in [0.2, 0.25) is 5.91 Å². The molecule has 1 aliphatic rings. The Hall–Kier alpha value is -1.45. The molecule has 0 atom stereocenters. The molecular formula is C12H13F2NO. The van der Waals surface area contributed by atoms with Gasteiger partial charge in [0.05, 0.1) is 6.42 Å². The second-order valence-electron chi connectivity index (χ2n) is 4.37. The monoisotopic (exact) mass is 225 g/mol. The lowest BCUT2D eigenvalue weighted by molar-refractivity contribution is -0.115. The molecule has 1 heterocycles. The molecule has 0 spiro atoms. The van der Waals surface area contributed by atoms with E-state index >= 15 is 0 Å². The first-order valence-electron chi connectivity index (χ1n) is 5.22. The molecule has 0 fully saturated rings. The van der Waals surface area contributed by atoms with Crippen molar-refractivity contribution in [2.45, 2.75) is 26.2 Å². The number of hydrogen-bond donors (Lipinski definition) is 1. The summed E-state index contributed by atoms with van der Waals surface area (Å²) in [6.45, 7) is 2.97. The van der Waals surface area contributed by atoms with Gasteiger partial charge in [-0.25, -0.2) is 8.78 Å². The molecule has 0 bridgehead atoms. The van der Waals surface area contributed by atoms with Crippen LogP contribution in [0.2, 0.25) is 0 Å². The molecule has 4 heteroatoms. The van der Waals surface area contributed by atoms with Crippen LogP contribution >= 0.6 is 0 Å². The van der Waals surface area contributed by atoms with Crippen LogP contribution in [-0.2, 0) is 17.1 Å². The highest BCUT2D eigenvalue weighted by atomic mass is 19.3. The maximum Gasteiger partial charge on any atom is 0.275 e. The number of rotatable bonds is 2. The molecule has 1 aromatic rings. The Labute approximate surface area is 92.7 Å². The van der Waals surface area contributed by atoms with Crippen LogP contribution in [0.25, 0.3) is 0 Å². The topological polar surface area (TPSA) is 29.1 Å². The van der Waals surface area contributed by atoms with Crippen molar-refractivity contribution in [2.75, 3.05) is 5.32 Å². The standard InChI is InChI=1S/C12H13F2NO/c1-7(2)12(13,14)9-3-4-10-8(5-9)6-11(16)15-10/h3-5,7H,6H2,1-2H3,(H,15,16). The predicted molar refractivity (Wildman–Crippen MR) is 57.5 cm³/mol. The highest BCUT2D eigenvalue weighted by Crippen LogP contribution is 2.38. The molecule has 0 saturated heterocycles. The third-order valence-electron chi connectivity index (χ3n) is 2.84. The minimum atomic E-state index is -2.85. The number of alkyl halides is 2. The van der Waals surface area contributed by atoms with Gasteiger partial charge >= 0.3 is 0 Å². The van der Waals surface area contributed by atoms with Gasteiger partial charge < -0.3 is 5.32 Å². The SMILES string of the molecule is CC(C)C(F)(F)c1ccc2c(c1)CC(=O)N2. The summed E-state index contributed by atoms with van der Waals surface area (Å²) in [5.74, 6) is -3.74. The first-order valence-corrected chi connectivity index (χ1v) is 5.22. The van der Waals surface area contributed by atoms with Gasteiger partial charge in [-0.3, -0.25) is 4.79 Å². The zero-order valence-corrected chi connectivity index (χ0v) is 9.18. The van der Waals surface area contributed by atoms with Crippen molar-refractivity contribution in [1.82, 2.24) is 0 Å². The molecule has 2 nitrogen and oxygen atoms in total. The highest BCUT2D eigenvalue weighted by Gasteiger charge is 2.36. The van der Waals surface area contributed by atoms with E-state index in [0.29, 0.717) is 11.3 Å². The summed E-state index contributed by atoms with van der Waals surface area (Å²) < 4.78 is 27.5. The van der Waals surface area contributed by atoms with Gasteiger partial charge in [0.15, 0.2) is 0 Å². The van der Waals surface area contributed by atoms with Crippen LogP contribution in [0.5, 0.6) is 0 Å². The summed E-state index contributed by atoms with van der Waals surface area (Å²) in [7, 11) is 0. The van der Waals surface area contributed by atoms with Crippen LogP contribution in [-0.4, -0.2) is 5.91 Å². The predicted octanol–water partition coefficient (Wildman–Crippen LogP) is 2.93. The van der Waals surface area contributed by atoms with E-state index in [1.54, 1.807) is 6.07 Å². The van der Waals surface area contributed by atoms with Crippen LogP contribution in [0.3, 0.4) is 0 Å². The van der Waals surface area contributed by atoms with Crippen molar-refractivity contribution >= 4 is 11.6 Å². The Bertz CT molecular complexity index is 441. The van der Waals surface area contributed by atoms with Gasteiger partial charge in [-0.05, 0) is 17.7 Å². The summed E-state index contributed by atoms with van der Waals surface area (Å²) >= 11 is 0. The number of nitrogens with one attached hydrogen (secondary N) is 1. The van der Waals surface area contributed by atoms with E-state index in [2.05, 4.69) is 5.32 Å². The average Bonchev–Trinajstić information content (AvgIpc) is 2.56. The fourth-order valence-electron chi connectivity index (χ4n) is 1.77. The molecule has 86 valence electrons. The molecule has 1 aromatic carbocycles. The van der Waals surface area contributed by atoms with Crippen molar-refractivity contribution in [2.24, 2.45) is 5.92 Å². The third-order valence-corrected chi connectivity index (χ3v) is 2.84. The van der Waals surface area contributed by atoms with Crippen LogP contribution in [0.15, 0.2) is 18.2 Å². The number of benzene rings is 1. The molecule has 0 radical (unpaired) electrons. The number of anilines is 1. The maximum atomic E-state index is 13.7. The molecule has 1 N–H and O–H groups in total. The molecule has 0 saturated carbocycles. The van der Waals surface area contributed by atoms with Gasteiger partial charge in [-0.2, -0.15) is 0 Å². The fourth-order valence-corrected chi connectivity index (χ4v) is 1.77. The van der Waals surface area contributed by atoms with Crippen molar-refractivity contribution < 1.29 is 13.6 Å². The van der Waals surface area contributed by atoms with Gasteiger partial charge in [0.25, 0.3) is 5.92 Å². The molecule has 1 amide bonds. The fraction of sp³-hybridized carbons (Fsp3) is 0.417. The van der Waals surface area contributed by atoms with E-state index in [-0.39, 0.29) is 17.9 Å². The molecule has 16 heavy (non-hydrogen) atoms. The van der Waals surface area contributed by atoms with Crippen LogP contribution < -0.4 is 5.32 Å². The largest absolute Gasteiger partial charge is 0.326 e. The summed E-state index contributed by atoms with van der Waals surface area (Å²) in [4.78, 5) is 11.1. The lowest BCUT2D eigenvalue weighted by Gasteiger charge is -2.21. The minimum absolute atomic E-state index is 0.0160. The number of fused-ring (bicyclic) bond motifs is 1.